The minimum absolute atomic E-state index is 0.560. The molecular weight excluding hydrogens is 755 g/mol. The van der Waals surface area contributed by atoms with Gasteiger partial charge in [0.15, 0.2) is 11.6 Å². The highest BCUT2D eigenvalue weighted by Gasteiger charge is 2.25. The second-order valence-electron chi connectivity index (χ2n) is 15.6. The van der Waals surface area contributed by atoms with E-state index in [0.29, 0.717) is 17.6 Å². The van der Waals surface area contributed by atoms with E-state index >= 15 is 0 Å². The first-order valence-electron chi connectivity index (χ1n) is 21.0. The third kappa shape index (κ3) is 5.82. The number of benzene rings is 9. The van der Waals surface area contributed by atoms with Crippen LogP contribution in [0.1, 0.15) is 0 Å². The zero-order valence-corrected chi connectivity index (χ0v) is 33.6. The maximum atomic E-state index is 5.31. The van der Waals surface area contributed by atoms with E-state index in [-0.39, 0.29) is 0 Å². The Kier molecular flexibility index (Phi) is 8.42. The van der Waals surface area contributed by atoms with Gasteiger partial charge in [-0.25, -0.2) is 4.98 Å². The summed E-state index contributed by atoms with van der Waals surface area (Å²) in [5, 5.41) is 4.62. The molecule has 0 amide bonds. The summed E-state index contributed by atoms with van der Waals surface area (Å²) in [5.74, 6) is 1.79. The topological polar surface area (TPSA) is 48.5 Å². The molecule has 0 saturated carbocycles. The first-order valence-corrected chi connectivity index (χ1v) is 21.0. The van der Waals surface area contributed by atoms with E-state index in [0.717, 1.165) is 66.3 Å². The normalized spacial score (nSPS) is 11.5. The molecule has 0 radical (unpaired) electrons. The van der Waals surface area contributed by atoms with Crippen LogP contribution in [-0.4, -0.2) is 24.1 Å². The van der Waals surface area contributed by atoms with E-state index in [4.69, 9.17) is 15.0 Å². The fraction of sp³-hybridized carbons (Fsp3) is 0. The van der Waals surface area contributed by atoms with E-state index in [1.807, 2.05) is 24.3 Å². The smallest absolute Gasteiger partial charge is 0.238 e. The molecule has 9 aromatic carbocycles. The van der Waals surface area contributed by atoms with Crippen molar-refractivity contribution < 1.29 is 0 Å². The minimum Gasteiger partial charge on any atom is -0.308 e. The highest BCUT2D eigenvalue weighted by molar-refractivity contribution is 6.26. The summed E-state index contributed by atoms with van der Waals surface area (Å²) in [6.07, 6.45) is 0. The van der Waals surface area contributed by atoms with Crippen molar-refractivity contribution in [2.24, 2.45) is 0 Å². The van der Waals surface area contributed by atoms with Crippen molar-refractivity contribution in [1.82, 2.24) is 24.1 Å². The maximum Gasteiger partial charge on any atom is 0.238 e. The van der Waals surface area contributed by atoms with Crippen molar-refractivity contribution in [3.63, 3.8) is 0 Å². The predicted octanol–water partition coefficient (Wildman–Crippen LogP) is 14.4. The lowest BCUT2D eigenvalue weighted by atomic mass is 9.92. The zero-order valence-electron chi connectivity index (χ0n) is 33.6. The van der Waals surface area contributed by atoms with Crippen molar-refractivity contribution in [1.29, 1.82) is 0 Å². The number of hydrogen-bond donors (Lipinski definition) is 0. The molecule has 0 atom stereocenters. The summed E-state index contributed by atoms with van der Waals surface area (Å²) in [4.78, 5) is 15.7. The Balaban J connectivity index is 1.16. The molecule has 0 bridgehead atoms. The molecule has 290 valence electrons. The number of aromatic nitrogens is 5. The highest BCUT2D eigenvalue weighted by Crippen LogP contribution is 2.45. The van der Waals surface area contributed by atoms with Crippen LogP contribution in [-0.2, 0) is 0 Å². The van der Waals surface area contributed by atoms with Gasteiger partial charge in [-0.05, 0) is 52.1 Å². The third-order valence-electron chi connectivity index (χ3n) is 12.0. The molecule has 5 heteroatoms. The molecule has 0 saturated heterocycles. The fourth-order valence-corrected chi connectivity index (χ4v) is 9.22. The Hall–Kier alpha value is -8.41. The van der Waals surface area contributed by atoms with Crippen molar-refractivity contribution in [2.75, 3.05) is 0 Å². The average molecular weight is 792 g/mol. The van der Waals surface area contributed by atoms with Crippen LogP contribution in [0.4, 0.5) is 0 Å². The molecule has 0 N–H and O–H groups in total. The number of rotatable bonds is 7. The SMILES string of the molecule is c1ccc(-c2ccc(-c3nc(-c4ccccc4)nc(-n4c5ccccc5c5c4ccc4c6ccccc6n(-c6cccc(-c7ccccc7)c6-c6ccccc6)c45)n3)cc2)cc1. The summed E-state index contributed by atoms with van der Waals surface area (Å²) in [6, 6.07) is 79.3. The second-order valence-corrected chi connectivity index (χ2v) is 15.6. The van der Waals surface area contributed by atoms with Crippen molar-refractivity contribution >= 4 is 43.6 Å². The molecular formula is C57H37N5. The van der Waals surface area contributed by atoms with E-state index in [1.54, 1.807) is 0 Å². The summed E-state index contributed by atoms with van der Waals surface area (Å²) in [5.41, 5.74) is 14.2. The van der Waals surface area contributed by atoms with Crippen LogP contribution in [0.15, 0.2) is 224 Å². The van der Waals surface area contributed by atoms with Gasteiger partial charge < -0.3 is 4.57 Å². The van der Waals surface area contributed by atoms with E-state index in [2.05, 4.69) is 209 Å². The van der Waals surface area contributed by atoms with Gasteiger partial charge in [0.25, 0.3) is 0 Å². The lowest BCUT2D eigenvalue weighted by Gasteiger charge is -2.19. The Bertz CT molecular complexity index is 3590. The molecule has 3 heterocycles. The molecule has 3 aromatic heterocycles. The van der Waals surface area contributed by atoms with Gasteiger partial charge in [0, 0.05) is 38.2 Å². The molecule has 0 aliphatic heterocycles. The maximum absolute atomic E-state index is 5.31. The molecule has 0 aliphatic rings. The predicted molar refractivity (Wildman–Crippen MR) is 256 cm³/mol. The van der Waals surface area contributed by atoms with Gasteiger partial charge in [-0.1, -0.05) is 200 Å². The van der Waals surface area contributed by atoms with Crippen LogP contribution in [0, 0.1) is 0 Å². The summed E-state index contributed by atoms with van der Waals surface area (Å²) < 4.78 is 4.71. The number of para-hydroxylation sites is 2. The van der Waals surface area contributed by atoms with Crippen LogP contribution in [0.3, 0.4) is 0 Å². The Morgan fingerprint density at radius 1 is 0.290 bits per heavy atom. The van der Waals surface area contributed by atoms with Crippen molar-refractivity contribution in [2.45, 2.75) is 0 Å². The monoisotopic (exact) mass is 791 g/mol. The van der Waals surface area contributed by atoms with Crippen LogP contribution >= 0.6 is 0 Å². The fourth-order valence-electron chi connectivity index (χ4n) is 9.22. The van der Waals surface area contributed by atoms with Gasteiger partial charge >= 0.3 is 0 Å². The van der Waals surface area contributed by atoms with E-state index < -0.39 is 0 Å². The molecule has 0 aliphatic carbocycles. The molecule has 0 spiro atoms. The summed E-state index contributed by atoms with van der Waals surface area (Å²) in [6.45, 7) is 0. The summed E-state index contributed by atoms with van der Waals surface area (Å²) >= 11 is 0. The Morgan fingerprint density at radius 2 is 0.790 bits per heavy atom. The largest absolute Gasteiger partial charge is 0.308 e. The van der Waals surface area contributed by atoms with Gasteiger partial charge in [0.05, 0.1) is 27.8 Å². The quantitative estimate of drug-likeness (QED) is 0.162. The van der Waals surface area contributed by atoms with Gasteiger partial charge in [-0.3, -0.25) is 4.57 Å². The molecule has 5 nitrogen and oxygen atoms in total. The highest BCUT2D eigenvalue weighted by atomic mass is 15.2. The average Bonchev–Trinajstić information content (AvgIpc) is 3.88. The molecule has 62 heavy (non-hydrogen) atoms. The lowest BCUT2D eigenvalue weighted by molar-refractivity contribution is 0.953. The standard InChI is InChI=1S/C57H37N5/c1-5-18-38(19-6-1)39-32-34-43(35-33-39)56-58-55(42-24-11-4-12-25-42)59-57(60-56)62-49-30-16-14-27-47(49)53-51(62)37-36-46-45-26-13-15-29-48(45)61(54(46)53)50-31-17-28-44(40-20-7-2-8-21-40)52(50)41-22-9-3-10-23-41/h1-37H. The van der Waals surface area contributed by atoms with Gasteiger partial charge in [-0.15, -0.1) is 0 Å². The molecule has 12 rings (SSSR count). The van der Waals surface area contributed by atoms with Crippen LogP contribution in [0.2, 0.25) is 0 Å². The molecule has 0 fully saturated rings. The van der Waals surface area contributed by atoms with Gasteiger partial charge in [-0.2, -0.15) is 9.97 Å². The van der Waals surface area contributed by atoms with Crippen LogP contribution < -0.4 is 0 Å². The first kappa shape index (κ1) is 35.5. The third-order valence-corrected chi connectivity index (χ3v) is 12.0. The molecule has 0 unspecified atom stereocenters. The molecule has 12 aromatic rings. The van der Waals surface area contributed by atoms with Crippen molar-refractivity contribution in [3.8, 4) is 67.8 Å². The summed E-state index contributed by atoms with van der Waals surface area (Å²) in [7, 11) is 0. The Labute approximate surface area is 358 Å². The number of nitrogens with zero attached hydrogens (tertiary/aromatic N) is 5. The van der Waals surface area contributed by atoms with Crippen LogP contribution in [0.25, 0.3) is 111 Å². The van der Waals surface area contributed by atoms with Crippen LogP contribution in [0.5, 0.6) is 0 Å². The zero-order chi connectivity index (χ0) is 41.0. The van der Waals surface area contributed by atoms with E-state index in [9.17, 15) is 0 Å². The number of hydrogen-bond acceptors (Lipinski definition) is 3. The second kappa shape index (κ2) is 14.7. The number of fused-ring (bicyclic) bond motifs is 7. The van der Waals surface area contributed by atoms with Crippen molar-refractivity contribution in [3.05, 3.63) is 224 Å². The lowest BCUT2D eigenvalue weighted by Crippen LogP contribution is -2.06. The van der Waals surface area contributed by atoms with E-state index in [1.165, 1.54) is 27.5 Å². The Morgan fingerprint density at radius 3 is 1.45 bits per heavy atom. The van der Waals surface area contributed by atoms with Gasteiger partial charge in [0.1, 0.15) is 0 Å². The van der Waals surface area contributed by atoms with Gasteiger partial charge in [0.2, 0.25) is 5.95 Å². The minimum atomic E-state index is 0.560. The first-order chi connectivity index (χ1) is 30.8.